The number of benzene rings is 1. The summed E-state index contributed by atoms with van der Waals surface area (Å²) in [4.78, 5) is 11.1. The SMILES string of the molecule is CCCC(NCc1cccc2c1OCCO2)C(=O)O. The number of ether oxygens (including phenoxy) is 2. The lowest BCUT2D eigenvalue weighted by Gasteiger charge is -2.22. The first-order valence-corrected chi connectivity index (χ1v) is 6.56. The van der Waals surface area contributed by atoms with Gasteiger partial charge in [0.1, 0.15) is 19.3 Å². The van der Waals surface area contributed by atoms with Crippen LogP contribution in [0.25, 0.3) is 0 Å². The third-order valence-corrected chi connectivity index (χ3v) is 3.06. The summed E-state index contributed by atoms with van der Waals surface area (Å²) in [7, 11) is 0. The molecule has 1 heterocycles. The van der Waals surface area contributed by atoms with Crippen molar-refractivity contribution in [3.8, 4) is 11.5 Å². The third-order valence-electron chi connectivity index (χ3n) is 3.06. The second-order valence-corrected chi connectivity index (χ2v) is 4.50. The van der Waals surface area contributed by atoms with Crippen LogP contribution in [0, 0.1) is 0 Å². The van der Waals surface area contributed by atoms with E-state index < -0.39 is 12.0 Å². The van der Waals surface area contributed by atoms with Crippen LogP contribution in [0.3, 0.4) is 0 Å². The van der Waals surface area contributed by atoms with Crippen molar-refractivity contribution in [3.63, 3.8) is 0 Å². The van der Waals surface area contributed by atoms with E-state index in [4.69, 9.17) is 14.6 Å². The van der Waals surface area contributed by atoms with Crippen molar-refractivity contribution >= 4 is 5.97 Å². The molecule has 0 saturated carbocycles. The summed E-state index contributed by atoms with van der Waals surface area (Å²) >= 11 is 0. The van der Waals surface area contributed by atoms with Gasteiger partial charge in [-0.2, -0.15) is 0 Å². The quantitative estimate of drug-likeness (QED) is 0.821. The number of rotatable bonds is 6. The Morgan fingerprint density at radius 2 is 2.21 bits per heavy atom. The topological polar surface area (TPSA) is 67.8 Å². The number of nitrogens with one attached hydrogen (secondary N) is 1. The summed E-state index contributed by atoms with van der Waals surface area (Å²) < 4.78 is 11.1. The molecule has 1 unspecified atom stereocenters. The lowest BCUT2D eigenvalue weighted by atomic mass is 10.1. The van der Waals surface area contributed by atoms with Gasteiger partial charge in [0.25, 0.3) is 0 Å². The van der Waals surface area contributed by atoms with Crippen molar-refractivity contribution in [2.45, 2.75) is 32.4 Å². The Balaban J connectivity index is 2.04. The highest BCUT2D eigenvalue weighted by Crippen LogP contribution is 2.33. The summed E-state index contributed by atoms with van der Waals surface area (Å²) in [6.45, 7) is 3.52. The maximum atomic E-state index is 11.1. The van der Waals surface area contributed by atoms with Crippen molar-refractivity contribution in [1.29, 1.82) is 0 Å². The molecule has 1 aliphatic heterocycles. The van der Waals surface area contributed by atoms with E-state index in [1.54, 1.807) is 0 Å². The summed E-state index contributed by atoms with van der Waals surface area (Å²) in [5.41, 5.74) is 0.930. The Hall–Kier alpha value is -1.75. The average molecular weight is 265 g/mol. The fourth-order valence-corrected chi connectivity index (χ4v) is 2.11. The molecule has 5 heteroatoms. The molecule has 0 saturated heterocycles. The van der Waals surface area contributed by atoms with E-state index in [1.807, 2.05) is 25.1 Å². The van der Waals surface area contributed by atoms with E-state index in [-0.39, 0.29) is 0 Å². The fraction of sp³-hybridized carbons (Fsp3) is 0.500. The van der Waals surface area contributed by atoms with Crippen LogP contribution in [0.2, 0.25) is 0 Å². The first-order chi connectivity index (χ1) is 9.22. The van der Waals surface area contributed by atoms with E-state index in [0.29, 0.717) is 26.2 Å². The third kappa shape index (κ3) is 3.38. The molecule has 19 heavy (non-hydrogen) atoms. The van der Waals surface area contributed by atoms with Gasteiger partial charge < -0.3 is 19.9 Å². The van der Waals surface area contributed by atoms with Gasteiger partial charge in [-0.3, -0.25) is 4.79 Å². The van der Waals surface area contributed by atoms with E-state index in [9.17, 15) is 4.79 Å². The Bertz CT molecular complexity index is 447. The fourth-order valence-electron chi connectivity index (χ4n) is 2.11. The molecule has 2 rings (SSSR count). The Morgan fingerprint density at radius 1 is 1.42 bits per heavy atom. The van der Waals surface area contributed by atoms with Crippen LogP contribution in [0.4, 0.5) is 0 Å². The largest absolute Gasteiger partial charge is 0.486 e. The second kappa shape index (κ2) is 6.43. The standard InChI is InChI=1S/C14H19NO4/c1-2-4-11(14(16)17)15-9-10-5-3-6-12-13(10)19-8-7-18-12/h3,5-6,11,15H,2,4,7-9H2,1H3,(H,16,17). The van der Waals surface area contributed by atoms with Gasteiger partial charge in [0.2, 0.25) is 0 Å². The molecule has 104 valence electrons. The number of hydrogen-bond acceptors (Lipinski definition) is 4. The van der Waals surface area contributed by atoms with Gasteiger partial charge in [-0.1, -0.05) is 25.5 Å². The minimum Gasteiger partial charge on any atom is -0.486 e. The molecule has 0 aromatic heterocycles. The van der Waals surface area contributed by atoms with Crippen LogP contribution in [0.5, 0.6) is 11.5 Å². The molecule has 2 N–H and O–H groups in total. The van der Waals surface area contributed by atoms with Crippen molar-refractivity contribution < 1.29 is 19.4 Å². The summed E-state index contributed by atoms with van der Waals surface area (Å²) in [6.07, 6.45) is 1.44. The van der Waals surface area contributed by atoms with Crippen molar-refractivity contribution in [2.75, 3.05) is 13.2 Å². The highest BCUT2D eigenvalue weighted by atomic mass is 16.6. The van der Waals surface area contributed by atoms with Crippen LogP contribution >= 0.6 is 0 Å². The molecule has 1 aliphatic rings. The first-order valence-electron chi connectivity index (χ1n) is 6.56. The number of carboxylic acids is 1. The molecule has 0 fully saturated rings. The van der Waals surface area contributed by atoms with Crippen molar-refractivity contribution in [3.05, 3.63) is 23.8 Å². The Labute approximate surface area is 112 Å². The van der Waals surface area contributed by atoms with E-state index in [0.717, 1.165) is 23.5 Å². The van der Waals surface area contributed by atoms with Crippen molar-refractivity contribution in [1.82, 2.24) is 5.32 Å². The summed E-state index contributed by atoms with van der Waals surface area (Å²) in [5.74, 6) is 0.638. The molecule has 5 nitrogen and oxygen atoms in total. The minimum absolute atomic E-state index is 0.462. The van der Waals surface area contributed by atoms with Gasteiger partial charge in [0.15, 0.2) is 11.5 Å². The number of para-hydroxylation sites is 1. The maximum Gasteiger partial charge on any atom is 0.320 e. The van der Waals surface area contributed by atoms with Gasteiger partial charge >= 0.3 is 5.97 Å². The molecule has 0 aliphatic carbocycles. The Morgan fingerprint density at radius 3 is 2.95 bits per heavy atom. The van der Waals surface area contributed by atoms with Gasteiger partial charge in [0, 0.05) is 12.1 Å². The lowest BCUT2D eigenvalue weighted by Crippen LogP contribution is -2.36. The highest BCUT2D eigenvalue weighted by molar-refractivity contribution is 5.73. The van der Waals surface area contributed by atoms with Crippen LogP contribution < -0.4 is 14.8 Å². The Kier molecular flexibility index (Phi) is 4.63. The zero-order valence-corrected chi connectivity index (χ0v) is 11.0. The molecular formula is C14H19NO4. The number of aliphatic carboxylic acids is 1. The number of hydrogen-bond donors (Lipinski definition) is 2. The normalized spacial score (nSPS) is 15.0. The molecule has 0 bridgehead atoms. The zero-order chi connectivity index (χ0) is 13.7. The van der Waals surface area contributed by atoms with E-state index in [2.05, 4.69) is 5.32 Å². The van der Waals surface area contributed by atoms with E-state index in [1.165, 1.54) is 0 Å². The molecular weight excluding hydrogens is 246 g/mol. The lowest BCUT2D eigenvalue weighted by molar-refractivity contribution is -0.139. The molecule has 0 spiro atoms. The molecule has 1 atom stereocenters. The smallest absolute Gasteiger partial charge is 0.320 e. The van der Waals surface area contributed by atoms with Crippen molar-refractivity contribution in [2.24, 2.45) is 0 Å². The summed E-state index contributed by atoms with van der Waals surface area (Å²) in [6, 6.07) is 5.15. The van der Waals surface area contributed by atoms with Gasteiger partial charge in [0.05, 0.1) is 0 Å². The highest BCUT2D eigenvalue weighted by Gasteiger charge is 2.19. The minimum atomic E-state index is -0.816. The van der Waals surface area contributed by atoms with Crippen LogP contribution in [-0.2, 0) is 11.3 Å². The van der Waals surface area contributed by atoms with Crippen LogP contribution in [0.15, 0.2) is 18.2 Å². The van der Waals surface area contributed by atoms with Gasteiger partial charge in [-0.15, -0.1) is 0 Å². The maximum absolute atomic E-state index is 11.1. The van der Waals surface area contributed by atoms with Gasteiger partial charge in [-0.25, -0.2) is 0 Å². The second-order valence-electron chi connectivity index (χ2n) is 4.50. The number of fused-ring (bicyclic) bond motifs is 1. The molecule has 0 radical (unpaired) electrons. The summed E-state index contributed by atoms with van der Waals surface area (Å²) in [5, 5.41) is 12.2. The molecule has 1 aromatic rings. The van der Waals surface area contributed by atoms with Crippen LogP contribution in [-0.4, -0.2) is 30.3 Å². The number of carbonyl (C=O) groups is 1. The van der Waals surface area contributed by atoms with Gasteiger partial charge in [-0.05, 0) is 12.5 Å². The predicted molar refractivity (Wildman–Crippen MR) is 70.6 cm³/mol. The molecule has 1 aromatic carbocycles. The first kappa shape index (κ1) is 13.7. The molecule has 0 amide bonds. The average Bonchev–Trinajstić information content (AvgIpc) is 2.43. The monoisotopic (exact) mass is 265 g/mol. The van der Waals surface area contributed by atoms with Crippen LogP contribution in [0.1, 0.15) is 25.3 Å². The van der Waals surface area contributed by atoms with E-state index >= 15 is 0 Å². The predicted octanol–water partition coefficient (Wildman–Crippen LogP) is 1.80. The number of carboxylic acid groups (broad SMARTS) is 1. The zero-order valence-electron chi connectivity index (χ0n) is 11.0.